The van der Waals surface area contributed by atoms with Crippen LogP contribution in [0.4, 0.5) is 10.2 Å². The topological polar surface area (TPSA) is 99.9 Å². The van der Waals surface area contributed by atoms with Gasteiger partial charge in [-0.15, -0.1) is 5.10 Å². The molecule has 0 radical (unpaired) electrons. The lowest BCUT2D eigenvalue weighted by molar-refractivity contribution is 0.0916. The monoisotopic (exact) mass is 514 g/mol. The van der Waals surface area contributed by atoms with E-state index in [2.05, 4.69) is 15.2 Å². The van der Waals surface area contributed by atoms with Gasteiger partial charge in [-0.2, -0.15) is 0 Å². The van der Waals surface area contributed by atoms with Gasteiger partial charge in [0.25, 0.3) is 5.91 Å². The highest BCUT2D eigenvalue weighted by molar-refractivity contribution is 7.89. The Kier molecular flexibility index (Phi) is 6.69. The van der Waals surface area contributed by atoms with Gasteiger partial charge in [0.15, 0.2) is 11.3 Å². The molecule has 2 aromatic heterocycles. The first kappa shape index (κ1) is 24.6. The lowest BCUT2D eigenvalue weighted by Gasteiger charge is -2.32. The highest BCUT2D eigenvalue weighted by Crippen LogP contribution is 2.35. The summed E-state index contributed by atoms with van der Waals surface area (Å²) in [5, 5.41) is 7.30. The van der Waals surface area contributed by atoms with Crippen LogP contribution in [0.3, 0.4) is 0 Å². The second-order valence-electron chi connectivity index (χ2n) is 9.75. The van der Waals surface area contributed by atoms with Crippen LogP contribution in [0.1, 0.15) is 61.6 Å². The summed E-state index contributed by atoms with van der Waals surface area (Å²) in [6.45, 7) is 4.91. The van der Waals surface area contributed by atoms with Crippen LogP contribution in [0.2, 0.25) is 0 Å². The van der Waals surface area contributed by atoms with E-state index in [0.29, 0.717) is 43.1 Å². The Bertz CT molecular complexity index is 1370. The molecule has 2 saturated heterocycles. The molecule has 2 aliphatic rings. The summed E-state index contributed by atoms with van der Waals surface area (Å²) >= 11 is 0. The number of carbonyl (C=O) groups is 1. The van der Waals surface area contributed by atoms with E-state index >= 15 is 0 Å². The van der Waals surface area contributed by atoms with Crippen molar-refractivity contribution < 1.29 is 17.6 Å². The summed E-state index contributed by atoms with van der Waals surface area (Å²) < 4.78 is 41.7. The number of aromatic nitrogens is 3. The van der Waals surface area contributed by atoms with Crippen LogP contribution in [0, 0.1) is 5.82 Å². The maximum absolute atomic E-state index is 13.8. The fourth-order valence-corrected chi connectivity index (χ4v) is 6.40. The summed E-state index contributed by atoms with van der Waals surface area (Å²) in [7, 11) is -3.29. The zero-order valence-electron chi connectivity index (χ0n) is 20.5. The Labute approximate surface area is 210 Å². The molecule has 1 aromatic carbocycles. The Morgan fingerprint density at radius 2 is 1.89 bits per heavy atom. The van der Waals surface area contributed by atoms with Gasteiger partial charge < -0.3 is 10.2 Å². The highest BCUT2D eigenvalue weighted by atomic mass is 32.2. The van der Waals surface area contributed by atoms with Crippen LogP contribution < -0.4 is 10.2 Å². The predicted molar refractivity (Wildman–Crippen MR) is 135 cm³/mol. The Morgan fingerprint density at radius 3 is 2.61 bits per heavy atom. The summed E-state index contributed by atoms with van der Waals surface area (Å²) in [6, 6.07) is 10.3. The molecule has 1 amide bonds. The van der Waals surface area contributed by atoms with E-state index in [-0.39, 0.29) is 23.8 Å². The first-order chi connectivity index (χ1) is 17.2. The van der Waals surface area contributed by atoms with Crippen LogP contribution in [-0.2, 0) is 10.0 Å². The molecule has 2 aliphatic heterocycles. The zero-order valence-corrected chi connectivity index (χ0v) is 21.3. The van der Waals surface area contributed by atoms with Crippen molar-refractivity contribution in [3.8, 4) is 0 Å². The molecule has 11 heteroatoms. The molecule has 0 aliphatic carbocycles. The number of imidazole rings is 1. The minimum atomic E-state index is -3.29. The molecule has 9 nitrogen and oxygen atoms in total. The van der Waals surface area contributed by atoms with E-state index in [1.807, 2.05) is 18.2 Å². The largest absolute Gasteiger partial charge is 0.348 e. The molecule has 1 unspecified atom stereocenters. The number of rotatable bonds is 6. The molecule has 2 fully saturated rings. The molecule has 1 atom stereocenters. The van der Waals surface area contributed by atoms with Gasteiger partial charge in [-0.3, -0.25) is 4.79 Å². The van der Waals surface area contributed by atoms with E-state index in [1.165, 1.54) is 16.6 Å². The number of benzene rings is 1. The summed E-state index contributed by atoms with van der Waals surface area (Å²) in [4.78, 5) is 19.6. The third-order valence-corrected chi connectivity index (χ3v) is 9.38. The van der Waals surface area contributed by atoms with Gasteiger partial charge in [0.2, 0.25) is 10.0 Å². The zero-order chi connectivity index (χ0) is 25.4. The number of nitrogens with zero attached hydrogens (tertiary/aromatic N) is 5. The Morgan fingerprint density at radius 1 is 1.11 bits per heavy atom. The molecule has 4 heterocycles. The van der Waals surface area contributed by atoms with Crippen LogP contribution in [0.15, 0.2) is 42.6 Å². The van der Waals surface area contributed by atoms with Gasteiger partial charge in [0, 0.05) is 25.7 Å². The number of nitrogens with one attached hydrogen (secondary N) is 1. The molecule has 0 saturated carbocycles. The van der Waals surface area contributed by atoms with E-state index in [0.717, 1.165) is 24.9 Å². The Balaban J connectivity index is 1.32. The number of halogens is 1. The molecular formula is C25H31FN6O3S. The van der Waals surface area contributed by atoms with Crippen molar-refractivity contribution in [2.24, 2.45) is 0 Å². The van der Waals surface area contributed by atoms with Gasteiger partial charge in [-0.05, 0) is 69.4 Å². The molecule has 0 spiro atoms. The standard InChI is InChI=1S/C25H31FN6O3S/c1-17(2)36(34,35)30-13-10-20(11-14-30)28-25(33)22-16-27-23-8-9-24(29-32(22)23)31-12-4-7-21(31)18-5-3-6-19(26)15-18/h3,5-6,8-9,15-17,20-21H,4,7,10-14H2,1-2H3,(H,28,33). The van der Waals surface area contributed by atoms with Crippen molar-refractivity contribution in [2.75, 3.05) is 24.5 Å². The maximum atomic E-state index is 13.8. The van der Waals surface area contributed by atoms with E-state index in [4.69, 9.17) is 5.10 Å². The molecular weight excluding hydrogens is 483 g/mol. The van der Waals surface area contributed by atoms with Gasteiger partial charge >= 0.3 is 0 Å². The number of hydrogen-bond donors (Lipinski definition) is 1. The number of fused-ring (bicyclic) bond motifs is 1. The van der Waals surface area contributed by atoms with Crippen LogP contribution in [0.5, 0.6) is 0 Å². The van der Waals surface area contributed by atoms with Crippen molar-refractivity contribution in [3.05, 3.63) is 59.7 Å². The number of hydrogen-bond acceptors (Lipinski definition) is 6. The number of anilines is 1. The molecule has 5 rings (SSSR count). The fraction of sp³-hybridized carbons (Fsp3) is 0.480. The summed E-state index contributed by atoms with van der Waals surface area (Å²) in [5.41, 5.74) is 1.79. The van der Waals surface area contributed by atoms with Crippen molar-refractivity contribution in [1.29, 1.82) is 0 Å². The number of piperidine rings is 1. The summed E-state index contributed by atoms with van der Waals surface area (Å²) in [6.07, 6.45) is 4.47. The predicted octanol–water partition coefficient (Wildman–Crippen LogP) is 3.14. The molecule has 36 heavy (non-hydrogen) atoms. The van der Waals surface area contributed by atoms with Crippen molar-refractivity contribution in [2.45, 2.75) is 56.9 Å². The van der Waals surface area contributed by atoms with E-state index in [1.54, 1.807) is 30.5 Å². The number of amides is 1. The quantitative estimate of drug-likeness (QED) is 0.543. The van der Waals surface area contributed by atoms with Gasteiger partial charge in [0.1, 0.15) is 11.6 Å². The van der Waals surface area contributed by atoms with Crippen LogP contribution in [0.25, 0.3) is 5.65 Å². The fourth-order valence-electron chi connectivity index (χ4n) is 5.09. The lowest BCUT2D eigenvalue weighted by atomic mass is 10.0. The average molecular weight is 515 g/mol. The normalized spacial score (nSPS) is 19.9. The minimum absolute atomic E-state index is 0.0127. The van der Waals surface area contributed by atoms with Crippen molar-refractivity contribution in [1.82, 2.24) is 24.2 Å². The first-order valence-electron chi connectivity index (χ1n) is 12.4. The SMILES string of the molecule is CC(C)S(=O)(=O)N1CCC(NC(=O)c2cnc3ccc(N4CCCC4c4cccc(F)c4)nn23)CC1. The first-order valence-corrected chi connectivity index (χ1v) is 13.9. The highest BCUT2D eigenvalue weighted by Gasteiger charge is 2.32. The maximum Gasteiger partial charge on any atom is 0.271 e. The Hall–Kier alpha value is -3.05. The van der Waals surface area contributed by atoms with Crippen LogP contribution in [-0.4, -0.2) is 64.2 Å². The second kappa shape index (κ2) is 9.78. The van der Waals surface area contributed by atoms with Gasteiger partial charge in [0.05, 0.1) is 17.5 Å². The number of carbonyl (C=O) groups excluding carboxylic acids is 1. The molecule has 3 aromatic rings. The van der Waals surface area contributed by atoms with Crippen LogP contribution >= 0.6 is 0 Å². The number of sulfonamides is 1. The smallest absolute Gasteiger partial charge is 0.271 e. The van der Waals surface area contributed by atoms with Crippen molar-refractivity contribution >= 4 is 27.4 Å². The molecule has 1 N–H and O–H groups in total. The van der Waals surface area contributed by atoms with Crippen molar-refractivity contribution in [3.63, 3.8) is 0 Å². The molecule has 0 bridgehead atoms. The van der Waals surface area contributed by atoms with Gasteiger partial charge in [-0.25, -0.2) is 26.6 Å². The second-order valence-corrected chi connectivity index (χ2v) is 12.2. The van der Waals surface area contributed by atoms with E-state index in [9.17, 15) is 17.6 Å². The third kappa shape index (κ3) is 4.69. The third-order valence-electron chi connectivity index (χ3n) is 7.11. The van der Waals surface area contributed by atoms with E-state index < -0.39 is 15.3 Å². The molecule has 192 valence electrons. The van der Waals surface area contributed by atoms with Gasteiger partial charge in [-0.1, -0.05) is 12.1 Å². The summed E-state index contributed by atoms with van der Waals surface area (Å²) in [5.74, 6) is 0.151. The lowest BCUT2D eigenvalue weighted by Crippen LogP contribution is -2.48. The average Bonchev–Trinajstić information content (AvgIpc) is 3.51. The minimum Gasteiger partial charge on any atom is -0.348 e.